The maximum Gasteiger partial charge on any atom is 0.314 e. The smallest absolute Gasteiger partial charge is 0.314 e. The normalized spacial score (nSPS) is 24.3. The minimum atomic E-state index is -3.00. The van der Waals surface area contributed by atoms with Gasteiger partial charge in [-0.2, -0.15) is 0 Å². The molecular formula is C64H86O5Si2. The monoisotopic (exact) mass is 991 g/mol. The summed E-state index contributed by atoms with van der Waals surface area (Å²) in [6.07, 6.45) is 15.4. The lowest BCUT2D eigenvalue weighted by Crippen LogP contribution is -2.69. The first kappa shape index (κ1) is 54.4. The van der Waals surface area contributed by atoms with Gasteiger partial charge in [-0.1, -0.05) is 227 Å². The predicted octanol–water partition coefficient (Wildman–Crippen LogP) is 13.2. The van der Waals surface area contributed by atoms with Gasteiger partial charge in [0.05, 0.1) is 30.3 Å². The van der Waals surface area contributed by atoms with Crippen LogP contribution in [-0.4, -0.2) is 52.6 Å². The van der Waals surface area contributed by atoms with Crippen LogP contribution in [0.25, 0.3) is 0 Å². The van der Waals surface area contributed by atoms with Crippen LogP contribution >= 0.6 is 0 Å². The molecule has 1 unspecified atom stereocenters. The minimum absolute atomic E-state index is 0.0877. The number of aliphatic hydroxyl groups is 1. The molecule has 3 aliphatic carbocycles. The van der Waals surface area contributed by atoms with Crippen LogP contribution in [0, 0.1) is 28.1 Å². The Bertz CT molecular complexity index is 2430. The number of hydrogen-bond donors (Lipinski definition) is 1. The van der Waals surface area contributed by atoms with E-state index in [0.29, 0.717) is 24.9 Å². The summed E-state index contributed by atoms with van der Waals surface area (Å²) >= 11 is 0. The van der Waals surface area contributed by atoms with E-state index in [-0.39, 0.29) is 39.1 Å². The third kappa shape index (κ3) is 10.8. The molecule has 3 aliphatic rings. The number of hydrogen-bond acceptors (Lipinski definition) is 5. The van der Waals surface area contributed by atoms with Crippen molar-refractivity contribution in [3.8, 4) is 0 Å². The van der Waals surface area contributed by atoms with Crippen molar-refractivity contribution in [2.45, 2.75) is 163 Å². The molecule has 71 heavy (non-hydrogen) atoms. The fourth-order valence-electron chi connectivity index (χ4n) is 13.1. The molecule has 0 amide bonds. The second-order valence-corrected chi connectivity index (χ2v) is 33.1. The van der Waals surface area contributed by atoms with Gasteiger partial charge >= 0.3 is 5.97 Å². The fraction of sp³-hybridized carbons (Fsp3) is 0.484. The summed E-state index contributed by atoms with van der Waals surface area (Å²) in [5, 5.41) is 16.0. The standard InChI is InChI=1S/C64H86O5Si2/c1-14-44-67-59(66)63(11,12)58(65)41-43-62(9,10)57-40-39-55-48(28-27-42-64(55,57)13)37-38-49-45-50(68-70(60(3,4)5,51-29-19-15-20-30-51)52-31-21-16-22-32-52)46-56(47(49)2)69-71(61(6,7)8,53-33-23-17-24-34-53)54-35-25-18-26-36-54/h15-26,29-38,41,43,50,55-58,65H,2,14,27-28,39-40,42,44-46H2,1,3-13H3/b43-41+,48-37+,49-38+/t50-,55+,56+,57-,58?,64+/m1/s1. The molecule has 3 saturated carbocycles. The molecule has 4 aromatic carbocycles. The van der Waals surface area contributed by atoms with Gasteiger partial charge in [-0.15, -0.1) is 0 Å². The van der Waals surface area contributed by atoms with Crippen LogP contribution in [0.15, 0.2) is 169 Å². The molecule has 380 valence electrons. The Balaban J connectivity index is 1.29. The van der Waals surface area contributed by atoms with E-state index in [1.54, 1.807) is 13.8 Å². The van der Waals surface area contributed by atoms with Crippen LogP contribution in [0.4, 0.5) is 0 Å². The maximum atomic E-state index is 12.9. The highest BCUT2D eigenvalue weighted by Gasteiger charge is 2.56. The number of allylic oxidation sites excluding steroid dienone is 4. The molecule has 7 rings (SSSR count). The largest absolute Gasteiger partial charge is 0.465 e. The second kappa shape index (κ2) is 21.6. The number of esters is 1. The van der Waals surface area contributed by atoms with E-state index < -0.39 is 28.2 Å². The van der Waals surface area contributed by atoms with Crippen molar-refractivity contribution in [3.63, 3.8) is 0 Å². The lowest BCUT2D eigenvalue weighted by Gasteiger charge is -2.49. The molecule has 3 fully saturated rings. The number of aliphatic hydroxyl groups excluding tert-OH is 1. The van der Waals surface area contributed by atoms with E-state index in [4.69, 9.17) is 20.2 Å². The first-order valence-corrected chi connectivity index (χ1v) is 30.6. The number of carbonyl (C=O) groups excluding carboxylic acids is 1. The van der Waals surface area contributed by atoms with Crippen LogP contribution in [0.2, 0.25) is 10.1 Å². The molecular weight excluding hydrogens is 905 g/mol. The quantitative estimate of drug-likeness (QED) is 0.0688. The average molecular weight is 992 g/mol. The van der Waals surface area contributed by atoms with Crippen molar-refractivity contribution >= 4 is 43.4 Å². The summed E-state index contributed by atoms with van der Waals surface area (Å²) in [4.78, 5) is 12.9. The Morgan fingerprint density at radius 2 is 1.21 bits per heavy atom. The fourth-order valence-corrected chi connectivity index (χ4v) is 22.5. The number of benzene rings is 4. The molecule has 4 aromatic rings. The van der Waals surface area contributed by atoms with Gasteiger partial charge in [-0.05, 0) is 123 Å². The molecule has 0 radical (unpaired) electrons. The Labute approximate surface area is 431 Å². The Morgan fingerprint density at radius 3 is 1.68 bits per heavy atom. The third-order valence-corrected chi connectivity index (χ3v) is 27.1. The summed E-state index contributed by atoms with van der Waals surface area (Å²) in [6.45, 7) is 32.3. The van der Waals surface area contributed by atoms with Gasteiger partial charge in [0.2, 0.25) is 0 Å². The first-order valence-electron chi connectivity index (χ1n) is 26.7. The van der Waals surface area contributed by atoms with E-state index in [1.807, 2.05) is 13.0 Å². The zero-order valence-electron chi connectivity index (χ0n) is 45.4. The summed E-state index contributed by atoms with van der Waals surface area (Å²) in [5.74, 6) is 0.496. The SMILES string of the molecule is C=C1/C(=C/C=C2\CCC[C@]3(C)[C@@H](C(C)(C)/C=C/C(O)C(C)(C)C(=O)OCCC)CC[C@@H]23)C[C@@H](O[Si](c2ccccc2)(c2ccccc2)C(C)(C)C)C[C@@H]1O[Si](c1ccccc1)(c1ccccc1)C(C)(C)C. The van der Waals surface area contributed by atoms with E-state index in [9.17, 15) is 9.90 Å². The highest BCUT2D eigenvalue weighted by Crippen LogP contribution is 2.62. The lowest BCUT2D eigenvalue weighted by atomic mass is 9.57. The zero-order chi connectivity index (χ0) is 51.5. The lowest BCUT2D eigenvalue weighted by molar-refractivity contribution is -0.158. The van der Waals surface area contributed by atoms with Gasteiger partial charge in [0, 0.05) is 6.42 Å². The molecule has 0 aliphatic heterocycles. The van der Waals surface area contributed by atoms with Crippen molar-refractivity contribution in [1.29, 1.82) is 0 Å². The first-order chi connectivity index (χ1) is 33.5. The molecule has 7 heteroatoms. The molecule has 0 heterocycles. The highest BCUT2D eigenvalue weighted by atomic mass is 28.4. The van der Waals surface area contributed by atoms with Gasteiger partial charge in [0.1, 0.15) is 0 Å². The average Bonchev–Trinajstić information content (AvgIpc) is 3.72. The third-order valence-electron chi connectivity index (χ3n) is 17.0. The van der Waals surface area contributed by atoms with Gasteiger partial charge in [0.15, 0.2) is 0 Å². The van der Waals surface area contributed by atoms with E-state index in [2.05, 4.69) is 202 Å². The molecule has 0 saturated heterocycles. The van der Waals surface area contributed by atoms with E-state index in [0.717, 1.165) is 44.1 Å². The highest BCUT2D eigenvalue weighted by molar-refractivity contribution is 7.00. The molecule has 5 nitrogen and oxygen atoms in total. The molecule has 6 atom stereocenters. The van der Waals surface area contributed by atoms with Crippen molar-refractivity contribution in [2.24, 2.45) is 28.1 Å². The molecule has 0 aromatic heterocycles. The van der Waals surface area contributed by atoms with Gasteiger partial charge in [0.25, 0.3) is 16.6 Å². The molecule has 1 N–H and O–H groups in total. The van der Waals surface area contributed by atoms with Crippen LogP contribution in [0.1, 0.15) is 134 Å². The minimum Gasteiger partial charge on any atom is -0.465 e. The second-order valence-electron chi connectivity index (χ2n) is 24.6. The van der Waals surface area contributed by atoms with Gasteiger partial charge in [-0.3, -0.25) is 4.79 Å². The number of ether oxygens (including phenoxy) is 1. The Kier molecular flexibility index (Phi) is 16.6. The van der Waals surface area contributed by atoms with Crippen LogP contribution in [-0.2, 0) is 18.4 Å². The van der Waals surface area contributed by atoms with Crippen molar-refractivity contribution in [2.75, 3.05) is 6.61 Å². The van der Waals surface area contributed by atoms with E-state index >= 15 is 0 Å². The topological polar surface area (TPSA) is 65.0 Å². The van der Waals surface area contributed by atoms with Crippen LogP contribution < -0.4 is 20.7 Å². The van der Waals surface area contributed by atoms with Gasteiger partial charge < -0.3 is 18.7 Å². The van der Waals surface area contributed by atoms with Crippen molar-refractivity contribution in [1.82, 2.24) is 0 Å². The maximum absolute atomic E-state index is 12.9. The summed E-state index contributed by atoms with van der Waals surface area (Å²) < 4.78 is 21.6. The van der Waals surface area contributed by atoms with Crippen molar-refractivity contribution in [3.05, 3.63) is 169 Å². The van der Waals surface area contributed by atoms with Crippen LogP contribution in [0.3, 0.4) is 0 Å². The zero-order valence-corrected chi connectivity index (χ0v) is 47.4. The summed E-state index contributed by atoms with van der Waals surface area (Å²) in [7, 11) is -5.94. The molecule has 0 bridgehead atoms. The van der Waals surface area contributed by atoms with Crippen molar-refractivity contribution < 1.29 is 23.5 Å². The Hall–Kier alpha value is -4.38. The van der Waals surface area contributed by atoms with Crippen LogP contribution in [0.5, 0.6) is 0 Å². The number of rotatable bonds is 16. The number of carbonyl (C=O) groups is 1. The predicted molar refractivity (Wildman–Crippen MR) is 302 cm³/mol. The van der Waals surface area contributed by atoms with E-state index in [1.165, 1.54) is 38.3 Å². The molecule has 0 spiro atoms. The van der Waals surface area contributed by atoms with Gasteiger partial charge in [-0.25, -0.2) is 0 Å². The Morgan fingerprint density at radius 1 is 0.732 bits per heavy atom. The number of fused-ring (bicyclic) bond motifs is 1. The summed E-state index contributed by atoms with van der Waals surface area (Å²) in [6, 6.07) is 44.1. The summed E-state index contributed by atoms with van der Waals surface area (Å²) in [5.41, 5.74) is 2.67.